The van der Waals surface area contributed by atoms with Gasteiger partial charge in [-0.15, -0.1) is 0 Å². The average Bonchev–Trinajstić information content (AvgIpc) is 2.37. The van der Waals surface area contributed by atoms with Crippen LogP contribution in [0.15, 0.2) is 12.1 Å². The minimum absolute atomic E-state index is 0.0310. The van der Waals surface area contributed by atoms with Crippen molar-refractivity contribution >= 4 is 0 Å². The molecule has 0 radical (unpaired) electrons. The highest BCUT2D eigenvalue weighted by atomic mass is 19.1. The van der Waals surface area contributed by atoms with Gasteiger partial charge >= 0.3 is 0 Å². The first-order chi connectivity index (χ1) is 9.07. The predicted molar refractivity (Wildman–Crippen MR) is 73.7 cm³/mol. The summed E-state index contributed by atoms with van der Waals surface area (Å²) in [5, 5.41) is 0. The Morgan fingerprint density at radius 2 is 1.89 bits per heavy atom. The molecule has 0 heterocycles. The quantitative estimate of drug-likeness (QED) is 0.891. The lowest BCUT2D eigenvalue weighted by Gasteiger charge is -2.42. The molecule has 1 aliphatic carbocycles. The molecule has 1 aromatic rings. The molecule has 2 rings (SSSR count). The number of rotatable bonds is 5. The second-order valence-electron chi connectivity index (χ2n) is 5.25. The van der Waals surface area contributed by atoms with Crippen molar-refractivity contribution in [2.45, 2.75) is 37.8 Å². The van der Waals surface area contributed by atoms with E-state index in [1.54, 1.807) is 20.3 Å². The molecule has 0 amide bonds. The second-order valence-corrected chi connectivity index (χ2v) is 5.25. The third-order valence-corrected chi connectivity index (χ3v) is 4.25. The maximum atomic E-state index is 13.6. The third kappa shape index (κ3) is 2.29. The van der Waals surface area contributed by atoms with Gasteiger partial charge in [-0.05, 0) is 31.9 Å². The normalized spacial score (nSPS) is 18.6. The number of methoxy groups -OCH3 is 2. The summed E-state index contributed by atoms with van der Waals surface area (Å²) in [6.45, 7) is 2.08. The van der Waals surface area contributed by atoms with E-state index in [4.69, 9.17) is 15.2 Å². The molecule has 0 bridgehead atoms. The first kappa shape index (κ1) is 14.1. The molecule has 1 fully saturated rings. The molecular weight excluding hydrogens is 245 g/mol. The largest absolute Gasteiger partial charge is 0.496 e. The van der Waals surface area contributed by atoms with Crippen LogP contribution in [0.5, 0.6) is 11.5 Å². The molecule has 1 aliphatic rings. The molecule has 0 aliphatic heterocycles. The van der Waals surface area contributed by atoms with Gasteiger partial charge in [0.05, 0.1) is 14.2 Å². The topological polar surface area (TPSA) is 44.5 Å². The number of benzene rings is 1. The molecule has 19 heavy (non-hydrogen) atoms. The van der Waals surface area contributed by atoms with Crippen molar-refractivity contribution in [3.05, 3.63) is 23.3 Å². The molecule has 106 valence electrons. The van der Waals surface area contributed by atoms with Crippen LogP contribution in [0.3, 0.4) is 0 Å². The highest BCUT2D eigenvalue weighted by Crippen LogP contribution is 2.48. The Morgan fingerprint density at radius 3 is 2.26 bits per heavy atom. The molecule has 2 N–H and O–H groups in total. The van der Waals surface area contributed by atoms with E-state index in [0.717, 1.165) is 18.4 Å². The summed E-state index contributed by atoms with van der Waals surface area (Å²) in [4.78, 5) is 0. The fraction of sp³-hybridized carbons (Fsp3) is 0.600. The summed E-state index contributed by atoms with van der Waals surface area (Å²) >= 11 is 0. The average molecular weight is 267 g/mol. The van der Waals surface area contributed by atoms with Crippen LogP contribution in [0.4, 0.5) is 4.39 Å². The summed E-state index contributed by atoms with van der Waals surface area (Å²) < 4.78 is 24.4. The summed E-state index contributed by atoms with van der Waals surface area (Å²) in [6, 6.07) is 3.64. The van der Waals surface area contributed by atoms with Crippen LogP contribution in [0, 0.1) is 0 Å². The predicted octanol–water partition coefficient (Wildman–Crippen LogP) is 3.11. The number of hydrogen-bond acceptors (Lipinski definition) is 3. The molecule has 0 aromatic heterocycles. The molecule has 4 heteroatoms. The van der Waals surface area contributed by atoms with Crippen molar-refractivity contribution in [3.8, 4) is 11.5 Å². The highest BCUT2D eigenvalue weighted by Gasteiger charge is 2.40. The van der Waals surface area contributed by atoms with Crippen LogP contribution >= 0.6 is 0 Å². The number of halogens is 1. The van der Waals surface area contributed by atoms with Crippen LogP contribution in [0.2, 0.25) is 0 Å². The zero-order valence-electron chi connectivity index (χ0n) is 11.8. The van der Waals surface area contributed by atoms with E-state index in [1.807, 2.05) is 6.07 Å². The summed E-state index contributed by atoms with van der Waals surface area (Å²) in [5.41, 5.74) is 7.48. The van der Waals surface area contributed by atoms with E-state index >= 15 is 0 Å². The van der Waals surface area contributed by atoms with Crippen LogP contribution in [-0.4, -0.2) is 20.8 Å². The lowest BCUT2D eigenvalue weighted by atomic mass is 9.64. The molecule has 1 atom stereocenters. The van der Waals surface area contributed by atoms with Gasteiger partial charge in [-0.2, -0.15) is 0 Å². The Bertz CT molecular complexity index is 450. The van der Waals surface area contributed by atoms with Crippen molar-refractivity contribution in [2.24, 2.45) is 5.73 Å². The molecular formula is C15H22FNO2. The highest BCUT2D eigenvalue weighted by molar-refractivity contribution is 5.51. The standard InChI is InChI=1S/C15H22FNO2/c1-10(16)11-7-14(19-3)12(8-13(11)18-2)15(9-17)5-4-6-15/h7-8,10H,4-6,9,17H2,1-3H3. The lowest BCUT2D eigenvalue weighted by molar-refractivity contribution is 0.241. The summed E-state index contributed by atoms with van der Waals surface area (Å²) in [5.74, 6) is 1.29. The fourth-order valence-corrected chi connectivity index (χ4v) is 2.83. The second kappa shape index (κ2) is 5.37. The Balaban J connectivity index is 2.54. The van der Waals surface area contributed by atoms with E-state index in [9.17, 15) is 4.39 Å². The van der Waals surface area contributed by atoms with E-state index in [-0.39, 0.29) is 5.41 Å². The maximum Gasteiger partial charge on any atom is 0.126 e. The van der Waals surface area contributed by atoms with E-state index in [0.29, 0.717) is 23.6 Å². The fourth-order valence-electron chi connectivity index (χ4n) is 2.83. The number of nitrogens with two attached hydrogens (primary N) is 1. The first-order valence-electron chi connectivity index (χ1n) is 6.68. The Morgan fingerprint density at radius 1 is 1.26 bits per heavy atom. The van der Waals surface area contributed by atoms with Gasteiger partial charge in [0.15, 0.2) is 0 Å². The van der Waals surface area contributed by atoms with Crippen molar-refractivity contribution in [3.63, 3.8) is 0 Å². The van der Waals surface area contributed by atoms with E-state index in [1.165, 1.54) is 13.3 Å². The van der Waals surface area contributed by atoms with Crippen LogP contribution < -0.4 is 15.2 Å². The monoisotopic (exact) mass is 267 g/mol. The van der Waals surface area contributed by atoms with Crippen molar-refractivity contribution in [2.75, 3.05) is 20.8 Å². The summed E-state index contributed by atoms with van der Waals surface area (Å²) in [6.07, 6.45) is 2.18. The maximum absolute atomic E-state index is 13.6. The van der Waals surface area contributed by atoms with Gasteiger partial charge in [0, 0.05) is 23.1 Å². The number of ether oxygens (including phenoxy) is 2. The summed E-state index contributed by atoms with van der Waals surface area (Å²) in [7, 11) is 3.17. The Labute approximate surface area is 113 Å². The van der Waals surface area contributed by atoms with Crippen molar-refractivity contribution < 1.29 is 13.9 Å². The van der Waals surface area contributed by atoms with Gasteiger partial charge in [0.25, 0.3) is 0 Å². The molecule has 0 saturated heterocycles. The Hall–Kier alpha value is -1.29. The minimum Gasteiger partial charge on any atom is -0.496 e. The molecule has 1 aromatic carbocycles. The zero-order chi connectivity index (χ0) is 14.0. The van der Waals surface area contributed by atoms with Gasteiger partial charge in [-0.25, -0.2) is 4.39 Å². The molecule has 1 saturated carbocycles. The third-order valence-electron chi connectivity index (χ3n) is 4.25. The van der Waals surface area contributed by atoms with Gasteiger partial charge in [-0.3, -0.25) is 0 Å². The Kier molecular flexibility index (Phi) is 3.99. The van der Waals surface area contributed by atoms with Crippen LogP contribution in [0.25, 0.3) is 0 Å². The molecule has 3 nitrogen and oxygen atoms in total. The molecule has 0 spiro atoms. The molecule has 1 unspecified atom stereocenters. The van der Waals surface area contributed by atoms with Gasteiger partial charge in [-0.1, -0.05) is 6.42 Å². The first-order valence-corrected chi connectivity index (χ1v) is 6.68. The minimum atomic E-state index is -1.09. The van der Waals surface area contributed by atoms with Gasteiger partial charge in [0.2, 0.25) is 0 Å². The van der Waals surface area contributed by atoms with Crippen molar-refractivity contribution in [1.29, 1.82) is 0 Å². The van der Waals surface area contributed by atoms with Crippen molar-refractivity contribution in [1.82, 2.24) is 0 Å². The lowest BCUT2D eigenvalue weighted by Crippen LogP contribution is -2.41. The van der Waals surface area contributed by atoms with E-state index < -0.39 is 6.17 Å². The van der Waals surface area contributed by atoms with Crippen LogP contribution in [0.1, 0.15) is 43.5 Å². The number of alkyl halides is 1. The van der Waals surface area contributed by atoms with E-state index in [2.05, 4.69) is 0 Å². The van der Waals surface area contributed by atoms with Crippen LogP contribution in [-0.2, 0) is 5.41 Å². The SMILES string of the molecule is COc1cc(C2(CN)CCC2)c(OC)cc1C(C)F. The van der Waals surface area contributed by atoms with Gasteiger partial charge in [0.1, 0.15) is 17.7 Å². The zero-order valence-corrected chi connectivity index (χ0v) is 11.8. The smallest absolute Gasteiger partial charge is 0.126 e. The van der Waals surface area contributed by atoms with Gasteiger partial charge < -0.3 is 15.2 Å². The number of hydrogen-bond donors (Lipinski definition) is 1.